The van der Waals surface area contributed by atoms with E-state index in [4.69, 9.17) is 16.7 Å². The minimum absolute atomic E-state index is 0.104. The summed E-state index contributed by atoms with van der Waals surface area (Å²) in [6.07, 6.45) is 0.320. The van der Waals surface area contributed by atoms with Crippen LogP contribution in [0.2, 0.25) is 5.02 Å². The number of carboxylic acids is 1. The Morgan fingerprint density at radius 3 is 2.65 bits per heavy atom. The van der Waals surface area contributed by atoms with Crippen molar-refractivity contribution in [3.63, 3.8) is 0 Å². The Balaban J connectivity index is 2.24. The van der Waals surface area contributed by atoms with Gasteiger partial charge in [-0.05, 0) is 24.1 Å². The lowest BCUT2D eigenvalue weighted by atomic mass is 10.00. The van der Waals surface area contributed by atoms with Crippen LogP contribution in [0.25, 0.3) is 0 Å². The average Bonchev–Trinajstić information content (AvgIpc) is 2.72. The van der Waals surface area contributed by atoms with Crippen LogP contribution in [0.4, 0.5) is 8.78 Å². The second-order valence-corrected chi connectivity index (χ2v) is 4.43. The van der Waals surface area contributed by atoms with Crippen molar-refractivity contribution in [3.8, 4) is 0 Å². The molecule has 1 saturated heterocycles. The SMILES string of the molecule is O=C(O)C1CNC(c2cc(F)c(F)cc2Cl)C1. The highest BCUT2D eigenvalue weighted by Crippen LogP contribution is 2.33. The molecule has 3 nitrogen and oxygen atoms in total. The van der Waals surface area contributed by atoms with Gasteiger partial charge in [0, 0.05) is 17.6 Å². The maximum Gasteiger partial charge on any atom is 0.307 e. The Morgan fingerprint density at radius 1 is 1.41 bits per heavy atom. The lowest BCUT2D eigenvalue weighted by Gasteiger charge is -2.12. The van der Waals surface area contributed by atoms with Gasteiger partial charge < -0.3 is 10.4 Å². The molecular formula is C11H10ClF2NO2. The number of rotatable bonds is 2. The van der Waals surface area contributed by atoms with Gasteiger partial charge in [0.1, 0.15) is 0 Å². The van der Waals surface area contributed by atoms with E-state index in [0.29, 0.717) is 18.5 Å². The fourth-order valence-corrected chi connectivity index (χ4v) is 2.25. The predicted molar refractivity (Wildman–Crippen MR) is 57.9 cm³/mol. The summed E-state index contributed by atoms with van der Waals surface area (Å²) >= 11 is 5.81. The normalized spacial score (nSPS) is 23.9. The van der Waals surface area contributed by atoms with Gasteiger partial charge in [0.25, 0.3) is 0 Å². The van der Waals surface area contributed by atoms with Crippen molar-refractivity contribution in [2.45, 2.75) is 12.5 Å². The van der Waals surface area contributed by atoms with Gasteiger partial charge in [-0.25, -0.2) is 8.78 Å². The maximum atomic E-state index is 13.1. The second-order valence-electron chi connectivity index (χ2n) is 4.02. The third kappa shape index (κ3) is 2.40. The molecule has 0 aromatic heterocycles. The van der Waals surface area contributed by atoms with Gasteiger partial charge in [-0.1, -0.05) is 11.6 Å². The third-order valence-corrected chi connectivity index (χ3v) is 3.22. The zero-order chi connectivity index (χ0) is 12.6. The van der Waals surface area contributed by atoms with Crippen LogP contribution in [0.3, 0.4) is 0 Å². The first-order chi connectivity index (χ1) is 7.99. The highest BCUT2D eigenvalue weighted by molar-refractivity contribution is 6.31. The first-order valence-corrected chi connectivity index (χ1v) is 5.47. The van der Waals surface area contributed by atoms with Crippen LogP contribution in [0.1, 0.15) is 18.0 Å². The molecule has 0 bridgehead atoms. The van der Waals surface area contributed by atoms with Crippen LogP contribution in [-0.2, 0) is 4.79 Å². The molecule has 1 aliphatic heterocycles. The summed E-state index contributed by atoms with van der Waals surface area (Å²) in [5, 5.41) is 11.9. The zero-order valence-corrected chi connectivity index (χ0v) is 9.47. The maximum absolute atomic E-state index is 13.1. The van der Waals surface area contributed by atoms with E-state index in [-0.39, 0.29) is 11.1 Å². The lowest BCUT2D eigenvalue weighted by Crippen LogP contribution is -2.17. The summed E-state index contributed by atoms with van der Waals surface area (Å²) in [6.45, 7) is 0.301. The van der Waals surface area contributed by atoms with Crippen LogP contribution in [0.5, 0.6) is 0 Å². The summed E-state index contributed by atoms with van der Waals surface area (Å²) < 4.78 is 26.0. The van der Waals surface area contributed by atoms with E-state index in [1.807, 2.05) is 0 Å². The number of hydrogen-bond donors (Lipinski definition) is 2. The van der Waals surface area contributed by atoms with Crippen LogP contribution in [0.15, 0.2) is 12.1 Å². The number of halogens is 3. The molecule has 2 N–H and O–H groups in total. The highest BCUT2D eigenvalue weighted by atomic mass is 35.5. The quantitative estimate of drug-likeness (QED) is 0.804. The molecule has 0 amide bonds. The number of aliphatic carboxylic acids is 1. The summed E-state index contributed by atoms with van der Waals surface area (Å²) in [7, 11) is 0. The van der Waals surface area contributed by atoms with Crippen LogP contribution in [-0.4, -0.2) is 17.6 Å². The standard InChI is InChI=1S/C11H10ClF2NO2/c12-7-3-9(14)8(13)2-6(7)10-1-5(4-15-10)11(16)17/h2-3,5,10,15H,1,4H2,(H,16,17). The molecule has 17 heavy (non-hydrogen) atoms. The molecule has 2 atom stereocenters. The van der Waals surface area contributed by atoms with Crippen molar-refractivity contribution in [1.29, 1.82) is 0 Å². The fraction of sp³-hybridized carbons (Fsp3) is 0.364. The molecule has 1 aliphatic rings. The average molecular weight is 262 g/mol. The van der Waals surface area contributed by atoms with E-state index in [2.05, 4.69) is 5.32 Å². The molecule has 0 spiro atoms. The van der Waals surface area contributed by atoms with Gasteiger partial charge in [0.15, 0.2) is 11.6 Å². The summed E-state index contributed by atoms with van der Waals surface area (Å²) in [5.41, 5.74) is 0.398. The molecule has 1 aromatic rings. The molecule has 1 fully saturated rings. The predicted octanol–water partition coefficient (Wildman–Crippen LogP) is 2.35. The van der Waals surface area contributed by atoms with E-state index < -0.39 is 23.5 Å². The third-order valence-electron chi connectivity index (χ3n) is 2.90. The topological polar surface area (TPSA) is 49.3 Å². The lowest BCUT2D eigenvalue weighted by molar-refractivity contribution is -0.141. The summed E-state index contributed by atoms with van der Waals surface area (Å²) in [5.74, 6) is -3.42. The molecule has 0 saturated carbocycles. The molecule has 1 aromatic carbocycles. The second kappa shape index (κ2) is 4.58. The minimum Gasteiger partial charge on any atom is -0.481 e. The molecule has 2 rings (SSSR count). The Morgan fingerprint density at radius 2 is 2.06 bits per heavy atom. The minimum atomic E-state index is -1.01. The van der Waals surface area contributed by atoms with Crippen molar-refractivity contribution < 1.29 is 18.7 Å². The van der Waals surface area contributed by atoms with Gasteiger partial charge in [-0.15, -0.1) is 0 Å². The van der Waals surface area contributed by atoms with Crippen molar-refractivity contribution in [2.24, 2.45) is 5.92 Å². The largest absolute Gasteiger partial charge is 0.481 e. The monoisotopic (exact) mass is 261 g/mol. The van der Waals surface area contributed by atoms with E-state index in [1.54, 1.807) is 0 Å². The van der Waals surface area contributed by atoms with Crippen molar-refractivity contribution in [3.05, 3.63) is 34.4 Å². The van der Waals surface area contributed by atoms with Crippen LogP contribution >= 0.6 is 11.6 Å². The molecule has 1 heterocycles. The fourth-order valence-electron chi connectivity index (χ4n) is 1.97. The van der Waals surface area contributed by atoms with Gasteiger partial charge >= 0.3 is 5.97 Å². The van der Waals surface area contributed by atoms with Gasteiger partial charge in [-0.3, -0.25) is 4.79 Å². The first-order valence-electron chi connectivity index (χ1n) is 5.09. The number of hydrogen-bond acceptors (Lipinski definition) is 2. The molecule has 0 radical (unpaired) electrons. The van der Waals surface area contributed by atoms with Crippen LogP contribution < -0.4 is 5.32 Å². The Kier molecular flexibility index (Phi) is 3.31. The van der Waals surface area contributed by atoms with E-state index in [9.17, 15) is 13.6 Å². The Bertz CT molecular complexity index is 467. The smallest absolute Gasteiger partial charge is 0.307 e. The Labute approximate surface area is 101 Å². The number of carbonyl (C=O) groups is 1. The first kappa shape index (κ1) is 12.3. The highest BCUT2D eigenvalue weighted by Gasteiger charge is 2.31. The molecule has 0 aliphatic carbocycles. The molecule has 6 heteroatoms. The summed E-state index contributed by atoms with van der Waals surface area (Å²) in [4.78, 5) is 10.8. The number of benzene rings is 1. The number of carboxylic acid groups (broad SMARTS) is 1. The van der Waals surface area contributed by atoms with Crippen molar-refractivity contribution in [2.75, 3.05) is 6.54 Å². The van der Waals surface area contributed by atoms with E-state index in [0.717, 1.165) is 12.1 Å². The number of nitrogens with one attached hydrogen (secondary N) is 1. The van der Waals surface area contributed by atoms with Crippen molar-refractivity contribution in [1.82, 2.24) is 5.32 Å². The van der Waals surface area contributed by atoms with Gasteiger partial charge in [0.05, 0.1) is 5.92 Å². The zero-order valence-electron chi connectivity index (χ0n) is 8.71. The molecule has 92 valence electrons. The molecular weight excluding hydrogens is 252 g/mol. The van der Waals surface area contributed by atoms with Crippen LogP contribution in [0, 0.1) is 17.6 Å². The van der Waals surface area contributed by atoms with E-state index >= 15 is 0 Å². The van der Waals surface area contributed by atoms with Gasteiger partial charge in [-0.2, -0.15) is 0 Å². The Hall–Kier alpha value is -1.20. The summed E-state index contributed by atoms with van der Waals surface area (Å²) in [6, 6.07) is 1.57. The molecule has 2 unspecified atom stereocenters. The van der Waals surface area contributed by atoms with E-state index in [1.165, 1.54) is 0 Å². The van der Waals surface area contributed by atoms with Gasteiger partial charge in [0.2, 0.25) is 0 Å². The van der Waals surface area contributed by atoms with Crippen molar-refractivity contribution >= 4 is 17.6 Å².